The highest BCUT2D eigenvalue weighted by Gasteiger charge is 2.40. The summed E-state index contributed by atoms with van der Waals surface area (Å²) in [6, 6.07) is 0. The summed E-state index contributed by atoms with van der Waals surface area (Å²) in [6.45, 7) is 11.1. The van der Waals surface area contributed by atoms with Gasteiger partial charge >= 0.3 is 0 Å². The SMILES string of the molecule is COC(CCNc1nc(NCCCO)nc(NCCCO)n1)C1CC(C)(C)NC(C)(C)C1. The molecule has 0 aliphatic carbocycles. The van der Waals surface area contributed by atoms with Crippen LogP contribution in [0.15, 0.2) is 0 Å². The zero-order valence-corrected chi connectivity index (χ0v) is 20.4. The highest BCUT2D eigenvalue weighted by Crippen LogP contribution is 2.36. The lowest BCUT2D eigenvalue weighted by Gasteiger charge is -2.48. The van der Waals surface area contributed by atoms with Crippen LogP contribution in [0, 0.1) is 5.92 Å². The number of ether oxygens (including phenoxy) is 1. The summed E-state index contributed by atoms with van der Waals surface area (Å²) in [5.41, 5.74) is 0.157. The number of aromatic nitrogens is 3. The molecule has 2 heterocycles. The zero-order valence-electron chi connectivity index (χ0n) is 20.4. The molecule has 1 aliphatic rings. The van der Waals surface area contributed by atoms with Crippen molar-refractivity contribution < 1.29 is 14.9 Å². The van der Waals surface area contributed by atoms with Crippen molar-refractivity contribution >= 4 is 17.8 Å². The van der Waals surface area contributed by atoms with Gasteiger partial charge in [-0.25, -0.2) is 0 Å². The number of hydrogen-bond acceptors (Lipinski definition) is 10. The monoisotopic (exact) mass is 453 g/mol. The van der Waals surface area contributed by atoms with Gasteiger partial charge in [0.2, 0.25) is 17.8 Å². The Kier molecular flexibility index (Phi) is 10.3. The summed E-state index contributed by atoms with van der Waals surface area (Å²) < 4.78 is 5.90. The molecule has 0 amide bonds. The van der Waals surface area contributed by atoms with E-state index >= 15 is 0 Å². The van der Waals surface area contributed by atoms with Crippen molar-refractivity contribution in [1.82, 2.24) is 20.3 Å². The average molecular weight is 454 g/mol. The fourth-order valence-electron chi connectivity index (χ4n) is 4.71. The van der Waals surface area contributed by atoms with E-state index in [-0.39, 0.29) is 30.4 Å². The van der Waals surface area contributed by atoms with E-state index in [1.54, 1.807) is 7.11 Å². The van der Waals surface area contributed by atoms with Gasteiger partial charge in [0.05, 0.1) is 6.10 Å². The summed E-state index contributed by atoms with van der Waals surface area (Å²) in [5, 5.41) is 31.3. The molecule has 10 heteroatoms. The van der Waals surface area contributed by atoms with Crippen LogP contribution in [0.25, 0.3) is 0 Å². The lowest BCUT2D eigenvalue weighted by Crippen LogP contribution is -2.59. The quantitative estimate of drug-likeness (QED) is 0.231. The van der Waals surface area contributed by atoms with Gasteiger partial charge in [0.1, 0.15) is 0 Å². The molecule has 0 spiro atoms. The second kappa shape index (κ2) is 12.5. The number of aliphatic hydroxyl groups is 2. The Bertz CT molecular complexity index is 643. The molecule has 0 saturated carbocycles. The maximum Gasteiger partial charge on any atom is 0.229 e. The molecular weight excluding hydrogens is 410 g/mol. The first kappa shape index (κ1) is 26.5. The first-order valence-electron chi connectivity index (χ1n) is 11.7. The third kappa shape index (κ3) is 9.01. The van der Waals surface area contributed by atoms with Crippen molar-refractivity contribution in [2.24, 2.45) is 5.92 Å². The van der Waals surface area contributed by atoms with Crippen molar-refractivity contribution in [1.29, 1.82) is 0 Å². The Hall–Kier alpha value is -1.75. The fraction of sp³-hybridized carbons (Fsp3) is 0.864. The zero-order chi connectivity index (χ0) is 23.6. The van der Waals surface area contributed by atoms with Gasteiger partial charge in [-0.05, 0) is 65.7 Å². The summed E-state index contributed by atoms with van der Waals surface area (Å²) in [6.07, 6.45) is 4.35. The smallest absolute Gasteiger partial charge is 0.229 e. The van der Waals surface area contributed by atoms with E-state index in [0.717, 1.165) is 19.3 Å². The van der Waals surface area contributed by atoms with Gasteiger partial charge in [0.15, 0.2) is 0 Å². The van der Waals surface area contributed by atoms with Gasteiger partial charge in [-0.15, -0.1) is 0 Å². The van der Waals surface area contributed by atoms with Crippen LogP contribution in [0.2, 0.25) is 0 Å². The number of anilines is 3. The van der Waals surface area contributed by atoms with Crippen LogP contribution in [0.3, 0.4) is 0 Å². The van der Waals surface area contributed by atoms with E-state index in [1.165, 1.54) is 0 Å². The summed E-state index contributed by atoms with van der Waals surface area (Å²) in [5.74, 6) is 1.86. The van der Waals surface area contributed by atoms with E-state index in [0.29, 0.717) is 56.2 Å². The van der Waals surface area contributed by atoms with Crippen LogP contribution >= 0.6 is 0 Å². The number of nitrogens with one attached hydrogen (secondary N) is 4. The number of methoxy groups -OCH3 is 1. The van der Waals surface area contributed by atoms with E-state index in [1.807, 2.05) is 0 Å². The van der Waals surface area contributed by atoms with E-state index in [9.17, 15) is 0 Å². The topological polar surface area (TPSA) is 136 Å². The first-order chi connectivity index (χ1) is 15.2. The van der Waals surface area contributed by atoms with Crippen molar-refractivity contribution in [3.8, 4) is 0 Å². The molecule has 0 bridgehead atoms. The lowest BCUT2D eigenvalue weighted by molar-refractivity contribution is -0.00438. The minimum absolute atomic E-state index is 0.0785. The van der Waals surface area contributed by atoms with E-state index < -0.39 is 0 Å². The fourth-order valence-corrected chi connectivity index (χ4v) is 4.71. The van der Waals surface area contributed by atoms with Crippen LogP contribution in [0.1, 0.15) is 59.8 Å². The molecule has 0 radical (unpaired) electrons. The van der Waals surface area contributed by atoms with Crippen LogP contribution in [0.4, 0.5) is 17.8 Å². The molecule has 6 N–H and O–H groups in total. The third-order valence-electron chi connectivity index (χ3n) is 5.63. The van der Waals surface area contributed by atoms with Crippen molar-refractivity contribution in [2.45, 2.75) is 77.0 Å². The van der Waals surface area contributed by atoms with Crippen LogP contribution in [-0.4, -0.2) is 82.3 Å². The predicted molar refractivity (Wildman–Crippen MR) is 128 cm³/mol. The highest BCUT2D eigenvalue weighted by molar-refractivity contribution is 5.42. The van der Waals surface area contributed by atoms with E-state index in [2.05, 4.69) is 63.9 Å². The molecule has 1 unspecified atom stereocenters. The molecule has 1 aromatic heterocycles. The predicted octanol–water partition coefficient (Wildman–Crippen LogP) is 1.83. The maximum absolute atomic E-state index is 9.00. The van der Waals surface area contributed by atoms with Gasteiger partial charge in [0.25, 0.3) is 0 Å². The first-order valence-corrected chi connectivity index (χ1v) is 11.7. The molecule has 2 rings (SSSR count). The molecule has 0 aromatic carbocycles. The average Bonchev–Trinajstić information content (AvgIpc) is 2.69. The minimum Gasteiger partial charge on any atom is -0.396 e. The van der Waals surface area contributed by atoms with Gasteiger partial charge in [-0.1, -0.05) is 0 Å². The molecule has 1 aliphatic heterocycles. The molecule has 32 heavy (non-hydrogen) atoms. The number of piperidine rings is 1. The molecule has 10 nitrogen and oxygen atoms in total. The van der Waals surface area contributed by atoms with Crippen molar-refractivity contribution in [3.05, 3.63) is 0 Å². The normalized spacial score (nSPS) is 18.8. The van der Waals surface area contributed by atoms with Gasteiger partial charge < -0.3 is 36.2 Å². The molecular formula is C22H43N7O3. The highest BCUT2D eigenvalue weighted by atomic mass is 16.5. The molecule has 1 fully saturated rings. The minimum atomic E-state index is 0.0785. The molecule has 1 aromatic rings. The van der Waals surface area contributed by atoms with E-state index in [4.69, 9.17) is 14.9 Å². The Morgan fingerprint density at radius 2 is 1.31 bits per heavy atom. The Balaban J connectivity index is 1.99. The molecule has 184 valence electrons. The summed E-state index contributed by atoms with van der Waals surface area (Å²) in [7, 11) is 1.79. The Labute approximate surface area is 192 Å². The van der Waals surface area contributed by atoms with Crippen molar-refractivity contribution in [2.75, 3.05) is 55.9 Å². The largest absolute Gasteiger partial charge is 0.396 e. The summed E-state index contributed by atoms with van der Waals surface area (Å²) in [4.78, 5) is 13.3. The third-order valence-corrected chi connectivity index (χ3v) is 5.63. The van der Waals surface area contributed by atoms with Gasteiger partial charge in [-0.2, -0.15) is 15.0 Å². The van der Waals surface area contributed by atoms with Crippen molar-refractivity contribution in [3.63, 3.8) is 0 Å². The molecule has 1 saturated heterocycles. The second-order valence-corrected chi connectivity index (χ2v) is 9.86. The lowest BCUT2D eigenvalue weighted by atomic mass is 9.73. The van der Waals surface area contributed by atoms with Crippen LogP contribution < -0.4 is 21.3 Å². The van der Waals surface area contributed by atoms with Crippen LogP contribution in [-0.2, 0) is 4.74 Å². The van der Waals surface area contributed by atoms with Gasteiger partial charge in [0, 0.05) is 51.0 Å². The number of rotatable bonds is 14. The maximum atomic E-state index is 9.00. The Morgan fingerprint density at radius 1 is 0.875 bits per heavy atom. The summed E-state index contributed by atoms with van der Waals surface area (Å²) >= 11 is 0. The number of nitrogens with zero attached hydrogens (tertiary/aromatic N) is 3. The number of aliphatic hydroxyl groups excluding tert-OH is 2. The standard InChI is InChI=1S/C22H43N7O3/c1-21(2)14-16(15-22(3,4)29-21)17(32-5)8-11-25-20-27-18(23-9-6-12-30)26-19(28-20)24-10-7-13-31/h16-17,29-31H,6-15H2,1-5H3,(H3,23,24,25,26,27,28). The second-order valence-electron chi connectivity index (χ2n) is 9.86. The number of hydrogen-bond donors (Lipinski definition) is 6. The molecule has 1 atom stereocenters. The van der Waals surface area contributed by atoms with Gasteiger partial charge in [-0.3, -0.25) is 0 Å². The van der Waals surface area contributed by atoms with Crippen LogP contribution in [0.5, 0.6) is 0 Å². The Morgan fingerprint density at radius 3 is 1.72 bits per heavy atom.